The van der Waals surface area contributed by atoms with E-state index in [-0.39, 0.29) is 12.8 Å². The third-order valence-electron chi connectivity index (χ3n) is 1.22. The van der Waals surface area contributed by atoms with Crippen molar-refractivity contribution in [2.45, 2.75) is 25.9 Å². The van der Waals surface area contributed by atoms with Crippen LogP contribution in [0, 0.1) is 0 Å². The smallest absolute Gasteiger partial charge is 0.250 e. The lowest BCUT2D eigenvalue weighted by molar-refractivity contribution is -0.123. The summed E-state index contributed by atoms with van der Waals surface area (Å²) in [5.74, 6) is 0. The Morgan fingerprint density at radius 3 is 2.33 bits per heavy atom. The van der Waals surface area contributed by atoms with Crippen LogP contribution in [-0.4, -0.2) is 23.2 Å². The number of carbonyl (C=O) groups excluding carboxylic acids is 2. The van der Waals surface area contributed by atoms with E-state index in [1.165, 1.54) is 0 Å². The molecule has 0 saturated carbocycles. The van der Waals surface area contributed by atoms with Gasteiger partial charge in [0.05, 0.1) is 0 Å². The van der Waals surface area contributed by atoms with E-state index in [2.05, 4.69) is 0 Å². The molecule has 0 aromatic rings. The second-order valence-corrected chi connectivity index (χ2v) is 2.94. The molecular formula is C7H10Cl2O3. The fourth-order valence-electron chi connectivity index (χ4n) is 0.708. The summed E-state index contributed by atoms with van der Waals surface area (Å²) in [5, 5.41) is -1.08. The standard InChI is InChI=1S/C7H10Cl2O3/c1-2-12-5(7(9)11)3-4-6(8)10/h5H,2-4H2,1H3. The monoisotopic (exact) mass is 212 g/mol. The number of halogens is 2. The lowest BCUT2D eigenvalue weighted by Gasteiger charge is -2.10. The Labute approximate surface area is 81.0 Å². The molecular weight excluding hydrogens is 203 g/mol. The van der Waals surface area contributed by atoms with Gasteiger partial charge in [-0.1, -0.05) is 0 Å². The summed E-state index contributed by atoms with van der Waals surface area (Å²) in [6.07, 6.45) is -0.359. The van der Waals surface area contributed by atoms with Crippen LogP contribution in [0.15, 0.2) is 0 Å². The fourth-order valence-corrected chi connectivity index (χ4v) is 0.989. The van der Waals surface area contributed by atoms with Crippen molar-refractivity contribution in [1.29, 1.82) is 0 Å². The van der Waals surface area contributed by atoms with E-state index in [4.69, 9.17) is 27.9 Å². The zero-order chi connectivity index (χ0) is 9.56. The van der Waals surface area contributed by atoms with Gasteiger partial charge in [-0.25, -0.2) is 0 Å². The summed E-state index contributed by atoms with van der Waals surface area (Å²) >= 11 is 10.3. The minimum atomic E-state index is -0.709. The molecule has 1 unspecified atom stereocenters. The fraction of sp³-hybridized carbons (Fsp3) is 0.714. The lowest BCUT2D eigenvalue weighted by Crippen LogP contribution is -2.20. The van der Waals surface area contributed by atoms with Gasteiger partial charge in [-0.15, -0.1) is 0 Å². The van der Waals surface area contributed by atoms with Crippen molar-refractivity contribution in [3.63, 3.8) is 0 Å². The van der Waals surface area contributed by atoms with Gasteiger partial charge in [0.25, 0.3) is 0 Å². The molecule has 0 aliphatic rings. The molecule has 0 radical (unpaired) electrons. The molecule has 0 aromatic heterocycles. The molecule has 70 valence electrons. The van der Waals surface area contributed by atoms with Crippen LogP contribution in [0.4, 0.5) is 0 Å². The van der Waals surface area contributed by atoms with Crippen molar-refractivity contribution in [3.05, 3.63) is 0 Å². The maximum atomic E-state index is 10.6. The minimum Gasteiger partial charge on any atom is -0.369 e. The Bertz CT molecular complexity index is 170. The van der Waals surface area contributed by atoms with Crippen molar-refractivity contribution >= 4 is 33.7 Å². The summed E-state index contributed by atoms with van der Waals surface area (Å²) in [4.78, 5) is 21.0. The first kappa shape index (κ1) is 11.9. The van der Waals surface area contributed by atoms with Crippen LogP contribution in [0.3, 0.4) is 0 Å². The highest BCUT2D eigenvalue weighted by atomic mass is 35.5. The van der Waals surface area contributed by atoms with Gasteiger partial charge in [-0.3, -0.25) is 9.59 Å². The number of carbonyl (C=O) groups is 2. The molecule has 1 atom stereocenters. The van der Waals surface area contributed by atoms with Crippen molar-refractivity contribution in [2.75, 3.05) is 6.61 Å². The lowest BCUT2D eigenvalue weighted by atomic mass is 10.2. The molecule has 0 aliphatic heterocycles. The van der Waals surface area contributed by atoms with Crippen molar-refractivity contribution < 1.29 is 14.3 Å². The minimum absolute atomic E-state index is 0.102. The van der Waals surface area contributed by atoms with Crippen LogP contribution < -0.4 is 0 Å². The van der Waals surface area contributed by atoms with Crippen LogP contribution in [0.5, 0.6) is 0 Å². The second kappa shape index (κ2) is 6.40. The van der Waals surface area contributed by atoms with Crippen molar-refractivity contribution in [3.8, 4) is 0 Å². The molecule has 0 rings (SSSR count). The van der Waals surface area contributed by atoms with E-state index in [0.717, 1.165) is 0 Å². The van der Waals surface area contributed by atoms with E-state index in [1.54, 1.807) is 6.92 Å². The summed E-state index contributed by atoms with van der Waals surface area (Å²) < 4.78 is 4.96. The van der Waals surface area contributed by atoms with E-state index >= 15 is 0 Å². The highest BCUT2D eigenvalue weighted by molar-refractivity contribution is 6.65. The topological polar surface area (TPSA) is 43.4 Å². The molecule has 0 bridgehead atoms. The molecule has 0 N–H and O–H groups in total. The zero-order valence-corrected chi connectivity index (χ0v) is 8.19. The highest BCUT2D eigenvalue weighted by Gasteiger charge is 2.16. The van der Waals surface area contributed by atoms with E-state index in [1.807, 2.05) is 0 Å². The first-order valence-corrected chi connectivity index (χ1v) is 4.32. The average molecular weight is 213 g/mol. The van der Waals surface area contributed by atoms with Gasteiger partial charge in [-0.2, -0.15) is 0 Å². The molecule has 12 heavy (non-hydrogen) atoms. The largest absolute Gasteiger partial charge is 0.369 e. The van der Waals surface area contributed by atoms with Gasteiger partial charge >= 0.3 is 0 Å². The summed E-state index contributed by atoms with van der Waals surface area (Å²) in [6, 6.07) is 0. The van der Waals surface area contributed by atoms with Crippen LogP contribution in [-0.2, 0) is 14.3 Å². The molecule has 0 spiro atoms. The third-order valence-corrected chi connectivity index (χ3v) is 1.66. The summed E-state index contributed by atoms with van der Waals surface area (Å²) in [6.45, 7) is 2.13. The van der Waals surface area contributed by atoms with Crippen LogP contribution in [0.1, 0.15) is 19.8 Å². The highest BCUT2D eigenvalue weighted by Crippen LogP contribution is 2.07. The predicted octanol–water partition coefficient (Wildman–Crippen LogP) is 1.70. The van der Waals surface area contributed by atoms with Gasteiger partial charge in [-0.05, 0) is 36.5 Å². The van der Waals surface area contributed by atoms with Crippen LogP contribution >= 0.6 is 23.2 Å². The molecule has 0 aromatic carbocycles. The van der Waals surface area contributed by atoms with Gasteiger partial charge in [0.2, 0.25) is 10.5 Å². The summed E-state index contributed by atoms with van der Waals surface area (Å²) in [7, 11) is 0. The molecule has 3 nitrogen and oxygen atoms in total. The third kappa shape index (κ3) is 5.52. The molecule has 0 saturated heterocycles. The van der Waals surface area contributed by atoms with Gasteiger partial charge in [0.1, 0.15) is 6.10 Å². The Balaban J connectivity index is 3.79. The molecule has 5 heteroatoms. The van der Waals surface area contributed by atoms with Gasteiger partial charge in [0, 0.05) is 13.0 Å². The zero-order valence-electron chi connectivity index (χ0n) is 6.68. The van der Waals surface area contributed by atoms with E-state index < -0.39 is 16.6 Å². The number of rotatable bonds is 6. The predicted molar refractivity (Wildman–Crippen MR) is 46.4 cm³/mol. The maximum Gasteiger partial charge on any atom is 0.250 e. The Kier molecular flexibility index (Phi) is 6.34. The van der Waals surface area contributed by atoms with Crippen LogP contribution in [0.25, 0.3) is 0 Å². The second-order valence-electron chi connectivity index (χ2n) is 2.14. The van der Waals surface area contributed by atoms with E-state index in [0.29, 0.717) is 6.61 Å². The normalized spacial score (nSPS) is 12.6. The summed E-state index contributed by atoms with van der Waals surface area (Å²) in [5.41, 5.74) is 0. The number of hydrogen-bond donors (Lipinski definition) is 0. The SMILES string of the molecule is CCOC(CCC(=O)Cl)C(=O)Cl. The molecule has 0 aliphatic carbocycles. The maximum absolute atomic E-state index is 10.6. The van der Waals surface area contributed by atoms with Gasteiger partial charge in [0.15, 0.2) is 0 Å². The molecule has 0 heterocycles. The van der Waals surface area contributed by atoms with Crippen LogP contribution in [0.2, 0.25) is 0 Å². The Morgan fingerprint density at radius 1 is 1.42 bits per heavy atom. The average Bonchev–Trinajstić information content (AvgIpc) is 1.96. The molecule has 0 amide bonds. The Morgan fingerprint density at radius 2 is 2.00 bits per heavy atom. The number of ether oxygens (including phenoxy) is 1. The molecule has 0 fully saturated rings. The first-order valence-electron chi connectivity index (χ1n) is 3.57. The quantitative estimate of drug-likeness (QED) is 0.630. The number of hydrogen-bond acceptors (Lipinski definition) is 3. The Hall–Kier alpha value is -0.120. The van der Waals surface area contributed by atoms with Gasteiger partial charge < -0.3 is 4.74 Å². The van der Waals surface area contributed by atoms with Crippen molar-refractivity contribution in [2.24, 2.45) is 0 Å². The first-order chi connectivity index (χ1) is 5.57. The van der Waals surface area contributed by atoms with Crippen molar-refractivity contribution in [1.82, 2.24) is 0 Å². The van der Waals surface area contributed by atoms with E-state index in [9.17, 15) is 9.59 Å².